The van der Waals surface area contributed by atoms with Crippen LogP contribution in [0.1, 0.15) is 24.8 Å². The monoisotopic (exact) mass is 261 g/mol. The lowest BCUT2D eigenvalue weighted by Gasteiger charge is -2.09. The second-order valence-electron chi connectivity index (χ2n) is 3.78. The molecule has 0 aromatic carbocycles. The lowest BCUT2D eigenvalue weighted by molar-refractivity contribution is -0.137. The maximum Gasteiger partial charge on any atom is 0.416 e. The van der Waals surface area contributed by atoms with Crippen molar-refractivity contribution in [3.8, 4) is 0 Å². The third-order valence-corrected chi connectivity index (χ3v) is 2.24. The smallest absolute Gasteiger partial charge is 0.370 e. The fraction of sp³-hybridized carbons (Fsp3) is 0.455. The van der Waals surface area contributed by atoms with E-state index in [1.165, 1.54) is 0 Å². The number of halogens is 3. The van der Waals surface area contributed by atoms with E-state index in [9.17, 15) is 18.0 Å². The molecule has 0 unspecified atom stereocenters. The zero-order valence-electron chi connectivity index (χ0n) is 9.63. The van der Waals surface area contributed by atoms with Gasteiger partial charge in [0.05, 0.1) is 5.56 Å². The molecule has 0 bridgehead atoms. The van der Waals surface area contributed by atoms with E-state index in [2.05, 4.69) is 10.3 Å². The summed E-state index contributed by atoms with van der Waals surface area (Å²) in [5.41, 5.74) is 4.22. The van der Waals surface area contributed by atoms with Crippen LogP contribution in [0.3, 0.4) is 0 Å². The molecule has 0 aliphatic rings. The van der Waals surface area contributed by atoms with E-state index in [0.717, 1.165) is 18.3 Å². The molecule has 1 heterocycles. The Balaban J connectivity index is 2.41. The van der Waals surface area contributed by atoms with Gasteiger partial charge >= 0.3 is 6.18 Å². The Bertz CT molecular complexity index is 407. The van der Waals surface area contributed by atoms with Crippen LogP contribution in [0, 0.1) is 0 Å². The number of amides is 1. The Hall–Kier alpha value is -1.79. The summed E-state index contributed by atoms with van der Waals surface area (Å²) in [7, 11) is 0. The largest absolute Gasteiger partial charge is 0.416 e. The number of pyridine rings is 1. The molecule has 0 spiro atoms. The van der Waals surface area contributed by atoms with Crippen LogP contribution < -0.4 is 11.1 Å². The van der Waals surface area contributed by atoms with Gasteiger partial charge in [-0.05, 0) is 25.0 Å². The first-order valence-electron chi connectivity index (χ1n) is 5.45. The van der Waals surface area contributed by atoms with Gasteiger partial charge in [0.15, 0.2) is 0 Å². The van der Waals surface area contributed by atoms with Gasteiger partial charge in [-0.2, -0.15) is 13.2 Å². The maximum absolute atomic E-state index is 12.4. The van der Waals surface area contributed by atoms with Gasteiger partial charge in [-0.1, -0.05) is 0 Å². The topological polar surface area (TPSA) is 68.0 Å². The summed E-state index contributed by atoms with van der Waals surface area (Å²) < 4.78 is 37.2. The van der Waals surface area contributed by atoms with Gasteiger partial charge in [-0.3, -0.25) is 4.79 Å². The van der Waals surface area contributed by atoms with Crippen molar-refractivity contribution in [2.45, 2.75) is 25.4 Å². The highest BCUT2D eigenvalue weighted by atomic mass is 19.4. The molecule has 0 saturated heterocycles. The molecule has 18 heavy (non-hydrogen) atoms. The molecule has 1 rings (SSSR count). The minimum absolute atomic E-state index is 0.170. The highest BCUT2D eigenvalue weighted by molar-refractivity contribution is 5.73. The van der Waals surface area contributed by atoms with E-state index < -0.39 is 11.7 Å². The number of carbonyl (C=O) groups is 1. The zero-order chi connectivity index (χ0) is 13.6. The molecule has 4 nitrogen and oxygen atoms in total. The first kappa shape index (κ1) is 14.3. The number of aromatic nitrogens is 1. The van der Waals surface area contributed by atoms with Crippen molar-refractivity contribution >= 4 is 11.7 Å². The number of primary amides is 1. The fourth-order valence-corrected chi connectivity index (χ4v) is 1.34. The fourth-order valence-electron chi connectivity index (χ4n) is 1.34. The normalized spacial score (nSPS) is 11.3. The summed E-state index contributed by atoms with van der Waals surface area (Å²) in [5, 5.41) is 2.77. The summed E-state index contributed by atoms with van der Waals surface area (Å²) in [6, 6.07) is 1.87. The highest BCUT2D eigenvalue weighted by Crippen LogP contribution is 2.29. The van der Waals surface area contributed by atoms with E-state index in [1.807, 2.05) is 0 Å². The summed E-state index contributed by atoms with van der Waals surface area (Å²) in [4.78, 5) is 14.2. The van der Waals surface area contributed by atoms with Crippen molar-refractivity contribution in [1.29, 1.82) is 0 Å². The molecule has 0 fully saturated rings. The molecule has 1 aromatic heterocycles. The van der Waals surface area contributed by atoms with E-state index >= 15 is 0 Å². The summed E-state index contributed by atoms with van der Waals surface area (Å²) in [6.45, 7) is 0.446. The van der Waals surface area contributed by atoms with Crippen LogP contribution in [-0.4, -0.2) is 17.4 Å². The summed E-state index contributed by atoms with van der Waals surface area (Å²) in [6.07, 6.45) is -1.75. The predicted octanol–water partition coefficient (Wildman–Crippen LogP) is 2.17. The third kappa shape index (κ3) is 5.03. The molecule has 0 aliphatic carbocycles. The Morgan fingerprint density at radius 1 is 1.39 bits per heavy atom. The van der Waals surface area contributed by atoms with Crippen molar-refractivity contribution in [2.75, 3.05) is 11.9 Å². The third-order valence-electron chi connectivity index (χ3n) is 2.24. The molecular weight excluding hydrogens is 247 g/mol. The Kier molecular flexibility index (Phi) is 4.94. The lowest BCUT2D eigenvalue weighted by atomic mass is 10.2. The average molecular weight is 261 g/mol. The number of carbonyl (C=O) groups excluding carboxylic acids is 1. The number of unbranched alkanes of at least 4 members (excludes halogenated alkanes) is 1. The first-order chi connectivity index (χ1) is 8.39. The second kappa shape index (κ2) is 6.23. The van der Waals surface area contributed by atoms with Crippen LogP contribution in [0.5, 0.6) is 0 Å². The summed E-state index contributed by atoms with van der Waals surface area (Å²) >= 11 is 0. The predicted molar refractivity (Wildman–Crippen MR) is 60.8 cm³/mol. The quantitative estimate of drug-likeness (QED) is 0.771. The van der Waals surface area contributed by atoms with Crippen LogP contribution in [-0.2, 0) is 11.0 Å². The molecule has 0 aliphatic heterocycles. The van der Waals surface area contributed by atoms with Crippen molar-refractivity contribution < 1.29 is 18.0 Å². The summed E-state index contributed by atoms with van der Waals surface area (Å²) in [5.74, 6) is -0.212. The number of rotatable bonds is 6. The Morgan fingerprint density at radius 2 is 2.11 bits per heavy atom. The van der Waals surface area contributed by atoms with E-state index in [4.69, 9.17) is 5.73 Å². The molecule has 1 aromatic rings. The molecule has 1 amide bonds. The average Bonchev–Trinajstić information content (AvgIpc) is 2.27. The van der Waals surface area contributed by atoms with Gasteiger partial charge in [0.25, 0.3) is 0 Å². The SMILES string of the molecule is NC(=O)CCCCNc1cc(C(F)(F)F)ccn1. The molecule has 0 saturated carbocycles. The minimum Gasteiger partial charge on any atom is -0.370 e. The van der Waals surface area contributed by atoms with Gasteiger partial charge in [0.2, 0.25) is 5.91 Å². The van der Waals surface area contributed by atoms with Crippen LogP contribution in [0.2, 0.25) is 0 Å². The Morgan fingerprint density at radius 3 is 2.72 bits per heavy atom. The standard InChI is InChI=1S/C11H14F3N3O/c12-11(13,14)8-4-6-17-10(7-8)16-5-2-1-3-9(15)18/h4,6-7H,1-3,5H2,(H2,15,18)(H,16,17). The minimum atomic E-state index is -4.37. The number of alkyl halides is 3. The number of hydrogen-bond acceptors (Lipinski definition) is 3. The number of anilines is 1. The molecule has 0 radical (unpaired) electrons. The van der Waals surface area contributed by atoms with Gasteiger partial charge in [0.1, 0.15) is 5.82 Å². The number of nitrogens with zero attached hydrogens (tertiary/aromatic N) is 1. The molecule has 7 heteroatoms. The highest BCUT2D eigenvalue weighted by Gasteiger charge is 2.30. The second-order valence-corrected chi connectivity index (χ2v) is 3.78. The molecule has 0 atom stereocenters. The zero-order valence-corrected chi connectivity index (χ0v) is 9.63. The van der Waals surface area contributed by atoms with Gasteiger partial charge < -0.3 is 11.1 Å². The molecule has 3 N–H and O–H groups in total. The Labute approximate surface area is 102 Å². The number of nitrogens with two attached hydrogens (primary N) is 1. The van der Waals surface area contributed by atoms with Crippen LogP contribution in [0.15, 0.2) is 18.3 Å². The number of hydrogen-bond donors (Lipinski definition) is 2. The molecular formula is C11H14F3N3O. The lowest BCUT2D eigenvalue weighted by Crippen LogP contribution is -2.11. The van der Waals surface area contributed by atoms with Crippen molar-refractivity contribution in [1.82, 2.24) is 4.98 Å². The van der Waals surface area contributed by atoms with E-state index in [1.54, 1.807) is 0 Å². The molecule has 100 valence electrons. The van der Waals surface area contributed by atoms with Crippen molar-refractivity contribution in [3.05, 3.63) is 23.9 Å². The van der Waals surface area contributed by atoms with E-state index in [-0.39, 0.29) is 18.1 Å². The van der Waals surface area contributed by atoms with E-state index in [0.29, 0.717) is 19.4 Å². The van der Waals surface area contributed by atoms with Gasteiger partial charge in [0, 0.05) is 19.2 Å². The van der Waals surface area contributed by atoms with Gasteiger partial charge in [-0.15, -0.1) is 0 Å². The van der Waals surface area contributed by atoms with Crippen LogP contribution >= 0.6 is 0 Å². The van der Waals surface area contributed by atoms with Gasteiger partial charge in [-0.25, -0.2) is 4.98 Å². The van der Waals surface area contributed by atoms with Crippen LogP contribution in [0.4, 0.5) is 19.0 Å². The van der Waals surface area contributed by atoms with Crippen molar-refractivity contribution in [2.24, 2.45) is 5.73 Å². The number of nitrogens with one attached hydrogen (secondary N) is 1. The first-order valence-corrected chi connectivity index (χ1v) is 5.45. The van der Waals surface area contributed by atoms with Crippen molar-refractivity contribution in [3.63, 3.8) is 0 Å². The maximum atomic E-state index is 12.4. The van der Waals surface area contributed by atoms with Crippen LogP contribution in [0.25, 0.3) is 0 Å².